The normalized spacial score (nSPS) is 12.7. The van der Waals surface area contributed by atoms with Crippen LogP contribution in [0.25, 0.3) is 32.3 Å². The molecule has 4 aromatic rings. The van der Waals surface area contributed by atoms with Gasteiger partial charge in [-0.15, -0.1) is 0 Å². The van der Waals surface area contributed by atoms with Gasteiger partial charge in [-0.05, 0) is 77.5 Å². The summed E-state index contributed by atoms with van der Waals surface area (Å²) in [5.41, 5.74) is 0. The Kier molecular flexibility index (Phi) is 3.30. The van der Waals surface area contributed by atoms with Crippen molar-refractivity contribution in [1.29, 1.82) is 0 Å². The van der Waals surface area contributed by atoms with Gasteiger partial charge in [0.05, 0.1) is 4.90 Å². The van der Waals surface area contributed by atoms with Crippen molar-refractivity contribution in [2.24, 2.45) is 0 Å². The SMILES string of the molecule is O=S(=O)([O-])c1c(I)c2ccc3cccc4ccc(c1I)c2c34. The third-order valence-electron chi connectivity index (χ3n) is 3.90. The van der Waals surface area contributed by atoms with Crippen LogP contribution in [0.5, 0.6) is 0 Å². The number of rotatable bonds is 1. The van der Waals surface area contributed by atoms with Crippen molar-refractivity contribution in [3.05, 3.63) is 49.6 Å². The fraction of sp³-hybridized carbons (Fsp3) is 0. The molecule has 0 atom stereocenters. The molecule has 4 rings (SSSR count). The van der Waals surface area contributed by atoms with E-state index in [1.165, 1.54) is 0 Å². The molecule has 0 N–H and O–H groups in total. The highest BCUT2D eigenvalue weighted by Gasteiger charge is 2.20. The largest absolute Gasteiger partial charge is 0.744 e. The Labute approximate surface area is 154 Å². The van der Waals surface area contributed by atoms with Gasteiger partial charge in [0.25, 0.3) is 0 Å². The van der Waals surface area contributed by atoms with Gasteiger partial charge in [-0.2, -0.15) is 0 Å². The second kappa shape index (κ2) is 4.89. The fourth-order valence-electron chi connectivity index (χ4n) is 3.01. The molecular formula is C16H7I2O3S-. The van der Waals surface area contributed by atoms with Crippen molar-refractivity contribution >= 4 is 87.6 Å². The summed E-state index contributed by atoms with van der Waals surface area (Å²) >= 11 is 3.93. The molecule has 0 radical (unpaired) electrons. The highest BCUT2D eigenvalue weighted by atomic mass is 127. The molecule has 0 bridgehead atoms. The van der Waals surface area contributed by atoms with Gasteiger partial charge in [0, 0.05) is 7.14 Å². The van der Waals surface area contributed by atoms with Crippen molar-refractivity contribution in [2.45, 2.75) is 4.90 Å². The second-order valence-corrected chi connectivity index (χ2v) is 8.57. The summed E-state index contributed by atoms with van der Waals surface area (Å²) in [6, 6.07) is 13.8. The Morgan fingerprint density at radius 1 is 0.773 bits per heavy atom. The molecule has 0 aliphatic rings. The Morgan fingerprint density at radius 3 is 1.73 bits per heavy atom. The second-order valence-electron chi connectivity index (χ2n) is 5.09. The molecular weight excluding hydrogens is 526 g/mol. The molecule has 22 heavy (non-hydrogen) atoms. The minimum Gasteiger partial charge on any atom is -0.744 e. The molecule has 3 nitrogen and oxygen atoms in total. The molecule has 0 fully saturated rings. The fourth-order valence-corrected chi connectivity index (χ4v) is 7.24. The zero-order valence-electron chi connectivity index (χ0n) is 10.9. The van der Waals surface area contributed by atoms with Crippen LogP contribution < -0.4 is 0 Å². The Bertz CT molecular complexity index is 1100. The van der Waals surface area contributed by atoms with Crippen molar-refractivity contribution in [1.82, 2.24) is 0 Å². The van der Waals surface area contributed by atoms with Crippen LogP contribution in [0.15, 0.2) is 47.4 Å². The van der Waals surface area contributed by atoms with E-state index in [0.29, 0.717) is 7.14 Å². The van der Waals surface area contributed by atoms with E-state index in [-0.39, 0.29) is 4.90 Å². The van der Waals surface area contributed by atoms with Crippen LogP contribution >= 0.6 is 45.2 Å². The molecule has 0 amide bonds. The molecule has 6 heteroatoms. The maximum absolute atomic E-state index is 11.7. The smallest absolute Gasteiger partial charge is 0.126 e. The monoisotopic (exact) mass is 533 g/mol. The van der Waals surface area contributed by atoms with Gasteiger partial charge in [0.2, 0.25) is 0 Å². The lowest BCUT2D eigenvalue weighted by Gasteiger charge is -2.18. The van der Waals surface area contributed by atoms with E-state index in [1.807, 2.05) is 87.6 Å². The number of halogens is 2. The number of hydrogen-bond donors (Lipinski definition) is 0. The van der Waals surface area contributed by atoms with Crippen LogP contribution in [-0.2, 0) is 10.1 Å². The van der Waals surface area contributed by atoms with Gasteiger partial charge in [0.15, 0.2) is 0 Å². The predicted molar refractivity (Wildman–Crippen MR) is 104 cm³/mol. The molecule has 0 aliphatic heterocycles. The topological polar surface area (TPSA) is 57.2 Å². The van der Waals surface area contributed by atoms with Gasteiger partial charge in [-0.25, -0.2) is 8.42 Å². The van der Waals surface area contributed by atoms with E-state index < -0.39 is 10.1 Å². The molecule has 110 valence electrons. The molecule has 4 aromatic carbocycles. The van der Waals surface area contributed by atoms with Gasteiger partial charge >= 0.3 is 0 Å². The summed E-state index contributed by atoms with van der Waals surface area (Å²) in [5, 5.41) is 5.99. The van der Waals surface area contributed by atoms with Crippen molar-refractivity contribution in [3.8, 4) is 0 Å². The van der Waals surface area contributed by atoms with E-state index in [2.05, 4.69) is 0 Å². The van der Waals surface area contributed by atoms with E-state index in [9.17, 15) is 13.0 Å². The Hall–Kier alpha value is -0.710. The Morgan fingerprint density at radius 2 is 1.27 bits per heavy atom. The summed E-state index contributed by atoms with van der Waals surface area (Å²) < 4.78 is 36.0. The van der Waals surface area contributed by atoms with Gasteiger partial charge < -0.3 is 4.55 Å². The van der Waals surface area contributed by atoms with Gasteiger partial charge in [-0.3, -0.25) is 0 Å². The highest BCUT2D eigenvalue weighted by Crippen LogP contribution is 2.41. The first-order chi connectivity index (χ1) is 10.4. The maximum Gasteiger partial charge on any atom is 0.126 e. The molecule has 0 unspecified atom stereocenters. The molecule has 0 aromatic heterocycles. The first-order valence-corrected chi connectivity index (χ1v) is 9.96. The summed E-state index contributed by atoms with van der Waals surface area (Å²) in [6.45, 7) is 0. The summed E-state index contributed by atoms with van der Waals surface area (Å²) in [5.74, 6) is 0. The molecule has 0 spiro atoms. The Balaban J connectivity index is 2.41. The third kappa shape index (κ3) is 1.97. The number of hydrogen-bond acceptors (Lipinski definition) is 3. The van der Waals surface area contributed by atoms with Crippen LogP contribution in [0.2, 0.25) is 0 Å². The highest BCUT2D eigenvalue weighted by molar-refractivity contribution is 14.1. The average Bonchev–Trinajstić information content (AvgIpc) is 2.46. The van der Waals surface area contributed by atoms with E-state index >= 15 is 0 Å². The standard InChI is InChI=1S/C16H8I2O3S/c17-14-10-6-4-8-2-1-3-9-5-7-11(13(10)12(8)9)15(18)16(14)22(19,20)21/h1-7H,(H,19,20,21)/p-1. The van der Waals surface area contributed by atoms with Gasteiger partial charge in [0.1, 0.15) is 10.1 Å². The lowest BCUT2D eigenvalue weighted by Crippen LogP contribution is -2.06. The lowest BCUT2D eigenvalue weighted by molar-refractivity contribution is 0.462. The van der Waals surface area contributed by atoms with Crippen LogP contribution in [0.4, 0.5) is 0 Å². The van der Waals surface area contributed by atoms with Crippen molar-refractivity contribution < 1.29 is 13.0 Å². The van der Waals surface area contributed by atoms with Crippen molar-refractivity contribution in [2.75, 3.05) is 0 Å². The van der Waals surface area contributed by atoms with Gasteiger partial charge in [-0.1, -0.05) is 42.5 Å². The number of benzene rings is 4. The predicted octanol–water partition coefficient (Wildman–Crippen LogP) is 4.70. The van der Waals surface area contributed by atoms with E-state index in [1.54, 1.807) is 0 Å². The maximum atomic E-state index is 11.7. The minimum atomic E-state index is -4.52. The van der Waals surface area contributed by atoms with Crippen LogP contribution in [0.3, 0.4) is 0 Å². The molecule has 0 heterocycles. The zero-order chi connectivity index (χ0) is 15.6. The van der Waals surface area contributed by atoms with E-state index in [0.717, 1.165) is 32.3 Å². The van der Waals surface area contributed by atoms with E-state index in [4.69, 9.17) is 0 Å². The average molecular weight is 533 g/mol. The quantitative estimate of drug-likeness (QED) is 0.203. The van der Waals surface area contributed by atoms with Crippen molar-refractivity contribution in [3.63, 3.8) is 0 Å². The minimum absolute atomic E-state index is 0.111. The molecule has 0 saturated heterocycles. The lowest BCUT2D eigenvalue weighted by atomic mass is 9.94. The first kappa shape index (κ1) is 14.9. The molecule has 0 saturated carbocycles. The summed E-state index contributed by atoms with van der Waals surface area (Å²) in [7, 11) is -4.52. The first-order valence-electron chi connectivity index (χ1n) is 6.40. The van der Waals surface area contributed by atoms with Crippen LogP contribution in [0, 0.1) is 7.14 Å². The molecule has 0 aliphatic carbocycles. The summed E-state index contributed by atoms with van der Waals surface area (Å²) in [4.78, 5) is -0.111. The summed E-state index contributed by atoms with van der Waals surface area (Å²) in [6.07, 6.45) is 0. The zero-order valence-corrected chi connectivity index (χ0v) is 16.1. The third-order valence-corrected chi connectivity index (χ3v) is 7.78. The van der Waals surface area contributed by atoms with Crippen LogP contribution in [0.1, 0.15) is 0 Å². The van der Waals surface area contributed by atoms with Crippen LogP contribution in [-0.4, -0.2) is 13.0 Å².